The van der Waals surface area contributed by atoms with Gasteiger partial charge in [-0.25, -0.2) is 15.0 Å². The largest absolute Gasteiger partial charge is 0.308 e. The highest BCUT2D eigenvalue weighted by atomic mass is 15.1. The number of para-hydroxylation sites is 4. The monoisotopic (exact) mass is 695 g/mol. The maximum absolute atomic E-state index is 5.34. The molecule has 0 atom stereocenters. The van der Waals surface area contributed by atoms with Gasteiger partial charge in [-0.3, -0.25) is 0 Å². The van der Waals surface area contributed by atoms with Gasteiger partial charge in [0.2, 0.25) is 0 Å². The Hall–Kier alpha value is -6.85. The molecule has 0 N–H and O–H groups in total. The van der Waals surface area contributed by atoms with Crippen LogP contribution in [0, 0.1) is 27.7 Å². The van der Waals surface area contributed by atoms with Crippen molar-refractivity contribution in [3.8, 4) is 45.5 Å². The average molecular weight is 696 g/mol. The highest BCUT2D eigenvalue weighted by molar-refractivity contribution is 6.29. The van der Waals surface area contributed by atoms with E-state index >= 15 is 0 Å². The molecule has 5 heteroatoms. The normalized spacial score (nSPS) is 11.7. The van der Waals surface area contributed by atoms with Crippen molar-refractivity contribution in [3.05, 3.63) is 174 Å². The molecule has 0 aliphatic rings. The van der Waals surface area contributed by atoms with Gasteiger partial charge in [-0.1, -0.05) is 133 Å². The first-order valence-electron chi connectivity index (χ1n) is 18.5. The Morgan fingerprint density at radius 1 is 0.370 bits per heavy atom. The molecule has 0 saturated heterocycles. The van der Waals surface area contributed by atoms with E-state index in [1.54, 1.807) is 0 Å². The van der Waals surface area contributed by atoms with Gasteiger partial charge in [-0.05, 0) is 68.1 Å². The predicted octanol–water partition coefficient (Wildman–Crippen LogP) is 12.3. The molecule has 0 saturated carbocycles. The summed E-state index contributed by atoms with van der Waals surface area (Å²) in [5, 5.41) is 4.69. The van der Waals surface area contributed by atoms with Gasteiger partial charge in [-0.15, -0.1) is 0 Å². The molecule has 10 aromatic rings. The first-order chi connectivity index (χ1) is 26.5. The fraction of sp³-hybridized carbons (Fsp3) is 0.0816. The molecule has 0 bridgehead atoms. The number of hydrogen-bond donors (Lipinski definition) is 0. The third kappa shape index (κ3) is 4.82. The summed E-state index contributed by atoms with van der Waals surface area (Å²) in [6.45, 7) is 8.85. The molecule has 3 heterocycles. The first kappa shape index (κ1) is 31.9. The molecule has 54 heavy (non-hydrogen) atoms. The van der Waals surface area contributed by atoms with Crippen LogP contribution in [0.5, 0.6) is 0 Å². The lowest BCUT2D eigenvalue weighted by atomic mass is 10.0. The Balaban J connectivity index is 1.47. The van der Waals surface area contributed by atoms with Gasteiger partial charge in [0.25, 0.3) is 0 Å². The van der Waals surface area contributed by atoms with E-state index in [0.717, 1.165) is 38.6 Å². The van der Waals surface area contributed by atoms with E-state index in [1.165, 1.54) is 55.3 Å². The topological polar surface area (TPSA) is 48.5 Å². The molecule has 10 rings (SSSR count). The van der Waals surface area contributed by atoms with Crippen LogP contribution in [-0.4, -0.2) is 24.1 Å². The molecule has 0 fully saturated rings. The Morgan fingerprint density at radius 2 is 0.796 bits per heavy atom. The van der Waals surface area contributed by atoms with Gasteiger partial charge >= 0.3 is 0 Å². The molecule has 0 spiro atoms. The molecule has 258 valence electrons. The molecule has 0 unspecified atom stereocenters. The van der Waals surface area contributed by atoms with Crippen LogP contribution in [-0.2, 0) is 0 Å². The summed E-state index contributed by atoms with van der Waals surface area (Å²) in [5.41, 5.74) is 14.6. The number of aromatic nitrogens is 5. The van der Waals surface area contributed by atoms with E-state index in [0.29, 0.717) is 17.5 Å². The smallest absolute Gasteiger partial charge is 0.166 e. The number of benzene rings is 7. The van der Waals surface area contributed by atoms with Gasteiger partial charge in [0, 0.05) is 38.2 Å². The van der Waals surface area contributed by atoms with E-state index in [-0.39, 0.29) is 0 Å². The minimum absolute atomic E-state index is 0.633. The SMILES string of the molecule is Cc1cccc(C)c1-n1c2ccccc2c2c1c(-c1nc(-c3ccccc3)nc(-c3ccccc3)n1)cc1c3ccccc3n(-c3c(C)cccc3C)c12. The highest BCUT2D eigenvalue weighted by Crippen LogP contribution is 2.47. The van der Waals surface area contributed by atoms with E-state index < -0.39 is 0 Å². The molecule has 7 aromatic carbocycles. The second-order valence-electron chi connectivity index (χ2n) is 14.3. The Morgan fingerprint density at radius 3 is 1.33 bits per heavy atom. The van der Waals surface area contributed by atoms with E-state index in [2.05, 4.69) is 152 Å². The Kier molecular flexibility index (Phi) is 7.31. The van der Waals surface area contributed by atoms with Gasteiger partial charge in [0.15, 0.2) is 17.5 Å². The van der Waals surface area contributed by atoms with Crippen LogP contribution in [0.1, 0.15) is 22.3 Å². The molecule has 0 aliphatic heterocycles. The summed E-state index contributed by atoms with van der Waals surface area (Å²) in [7, 11) is 0. The quantitative estimate of drug-likeness (QED) is 0.180. The third-order valence-corrected chi connectivity index (χ3v) is 10.8. The lowest BCUT2D eigenvalue weighted by Crippen LogP contribution is -2.04. The summed E-state index contributed by atoms with van der Waals surface area (Å²) < 4.78 is 4.96. The molecule has 3 aromatic heterocycles. The average Bonchev–Trinajstić information content (AvgIpc) is 3.71. The van der Waals surface area contributed by atoms with Crippen molar-refractivity contribution in [2.24, 2.45) is 0 Å². The van der Waals surface area contributed by atoms with E-state index in [1.807, 2.05) is 36.4 Å². The fourth-order valence-electron chi connectivity index (χ4n) is 8.49. The van der Waals surface area contributed by atoms with Crippen molar-refractivity contribution in [1.82, 2.24) is 24.1 Å². The number of hydrogen-bond acceptors (Lipinski definition) is 3. The molecular weight excluding hydrogens is 659 g/mol. The highest BCUT2D eigenvalue weighted by Gasteiger charge is 2.27. The lowest BCUT2D eigenvalue weighted by Gasteiger charge is -2.18. The molecule has 0 aliphatic carbocycles. The molecular formula is C49H37N5. The van der Waals surface area contributed by atoms with Crippen LogP contribution in [0.25, 0.3) is 89.2 Å². The molecule has 0 radical (unpaired) electrons. The van der Waals surface area contributed by atoms with Crippen LogP contribution >= 0.6 is 0 Å². The van der Waals surface area contributed by atoms with Crippen molar-refractivity contribution >= 4 is 43.6 Å². The zero-order valence-corrected chi connectivity index (χ0v) is 30.7. The number of fused-ring (bicyclic) bond motifs is 7. The third-order valence-electron chi connectivity index (χ3n) is 10.8. The van der Waals surface area contributed by atoms with Crippen molar-refractivity contribution < 1.29 is 0 Å². The summed E-state index contributed by atoms with van der Waals surface area (Å²) in [4.78, 5) is 15.7. The van der Waals surface area contributed by atoms with Crippen LogP contribution < -0.4 is 0 Å². The van der Waals surface area contributed by atoms with E-state index in [4.69, 9.17) is 15.0 Å². The summed E-state index contributed by atoms with van der Waals surface area (Å²) in [6.07, 6.45) is 0. The van der Waals surface area contributed by atoms with Crippen molar-refractivity contribution in [2.75, 3.05) is 0 Å². The predicted molar refractivity (Wildman–Crippen MR) is 224 cm³/mol. The second kappa shape index (κ2) is 12.4. The number of aryl methyl sites for hydroxylation is 4. The van der Waals surface area contributed by atoms with Crippen LogP contribution in [0.3, 0.4) is 0 Å². The molecule has 5 nitrogen and oxygen atoms in total. The van der Waals surface area contributed by atoms with Crippen molar-refractivity contribution in [3.63, 3.8) is 0 Å². The van der Waals surface area contributed by atoms with Crippen molar-refractivity contribution in [1.29, 1.82) is 0 Å². The summed E-state index contributed by atoms with van der Waals surface area (Å²) in [5.74, 6) is 1.91. The zero-order valence-electron chi connectivity index (χ0n) is 30.7. The zero-order chi connectivity index (χ0) is 36.5. The fourth-order valence-corrected chi connectivity index (χ4v) is 8.49. The molecule has 0 amide bonds. The van der Waals surface area contributed by atoms with Gasteiger partial charge < -0.3 is 9.13 Å². The van der Waals surface area contributed by atoms with Crippen LogP contribution in [0.2, 0.25) is 0 Å². The maximum atomic E-state index is 5.34. The Labute approximate surface area is 313 Å². The Bertz CT molecular complexity index is 2980. The summed E-state index contributed by atoms with van der Waals surface area (Å²) >= 11 is 0. The standard InChI is InChI=1S/C49H37N5/c1-30-17-15-18-31(2)43(30)53-40-27-13-11-25-36(40)38-29-39(49-51-47(34-21-7-5-8-22-34)50-48(52-49)35-23-9-6-10-24-35)46-42(45(38)53)37-26-12-14-28-41(37)54(46)44-32(3)19-16-20-33(44)4/h5-29H,1-4H3. The van der Waals surface area contributed by atoms with Crippen molar-refractivity contribution in [2.45, 2.75) is 27.7 Å². The number of rotatable bonds is 5. The van der Waals surface area contributed by atoms with Crippen LogP contribution in [0.4, 0.5) is 0 Å². The van der Waals surface area contributed by atoms with Crippen LogP contribution in [0.15, 0.2) is 152 Å². The number of nitrogens with zero attached hydrogens (tertiary/aromatic N) is 5. The van der Waals surface area contributed by atoms with E-state index in [9.17, 15) is 0 Å². The first-order valence-corrected chi connectivity index (χ1v) is 18.5. The van der Waals surface area contributed by atoms with Gasteiger partial charge in [0.05, 0.1) is 33.4 Å². The van der Waals surface area contributed by atoms with Gasteiger partial charge in [-0.2, -0.15) is 0 Å². The minimum atomic E-state index is 0.633. The minimum Gasteiger partial charge on any atom is -0.308 e. The maximum Gasteiger partial charge on any atom is 0.166 e. The second-order valence-corrected chi connectivity index (χ2v) is 14.3. The lowest BCUT2D eigenvalue weighted by molar-refractivity contribution is 1.07. The summed E-state index contributed by atoms with van der Waals surface area (Å²) in [6, 6.07) is 53.6. The van der Waals surface area contributed by atoms with Gasteiger partial charge in [0.1, 0.15) is 0 Å².